The maximum absolute atomic E-state index is 9.70. The highest BCUT2D eigenvalue weighted by molar-refractivity contribution is 5.48. The molecule has 4 N–H and O–H groups in total. The van der Waals surface area contributed by atoms with Gasteiger partial charge in [-0.05, 0) is 30.3 Å². The molecule has 0 aromatic heterocycles. The minimum absolute atomic E-state index is 0.0403. The molecule has 70 valence electrons. The van der Waals surface area contributed by atoms with Crippen molar-refractivity contribution in [2.45, 2.75) is 18.6 Å². The fourth-order valence-electron chi connectivity index (χ4n) is 1.99. The highest BCUT2D eigenvalue weighted by Crippen LogP contribution is 2.32. The molecule has 0 aliphatic heterocycles. The van der Waals surface area contributed by atoms with Crippen LogP contribution < -0.4 is 11.1 Å². The lowest BCUT2D eigenvalue weighted by Gasteiger charge is -2.14. The summed E-state index contributed by atoms with van der Waals surface area (Å²) in [4.78, 5) is 0. The molecule has 3 heteroatoms. The molecule has 0 amide bonds. The van der Waals surface area contributed by atoms with Gasteiger partial charge in [-0.15, -0.1) is 0 Å². The average molecular weight is 178 g/mol. The average Bonchev–Trinajstić information content (AvgIpc) is 2.40. The van der Waals surface area contributed by atoms with Gasteiger partial charge in [0.2, 0.25) is 0 Å². The van der Waals surface area contributed by atoms with Crippen LogP contribution in [0.15, 0.2) is 18.2 Å². The Bertz CT molecular complexity index is 325. The van der Waals surface area contributed by atoms with E-state index < -0.39 is 0 Å². The van der Waals surface area contributed by atoms with Gasteiger partial charge in [-0.3, -0.25) is 0 Å². The first-order valence-corrected chi connectivity index (χ1v) is 4.46. The summed E-state index contributed by atoms with van der Waals surface area (Å²) in [6.07, 6.45) is 0.406. The quantitative estimate of drug-likeness (QED) is 0.547. The Morgan fingerprint density at radius 1 is 1.54 bits per heavy atom. The van der Waals surface area contributed by atoms with E-state index in [2.05, 4.69) is 5.32 Å². The topological polar surface area (TPSA) is 58.3 Å². The lowest BCUT2D eigenvalue weighted by molar-refractivity contribution is 0.145. The van der Waals surface area contributed by atoms with Crippen LogP contribution >= 0.6 is 0 Å². The number of likely N-dealkylation sites (N-methyl/N-ethyl adjacent to an activating group) is 1. The first-order chi connectivity index (χ1) is 6.22. The SMILES string of the molecule is CN[C@H]1c2cc(N)ccc2C[C@@H]1O. The number of anilines is 1. The number of rotatable bonds is 1. The van der Waals surface area contributed by atoms with Gasteiger partial charge in [-0.2, -0.15) is 0 Å². The Labute approximate surface area is 77.6 Å². The third-order valence-corrected chi connectivity index (χ3v) is 2.63. The lowest BCUT2D eigenvalue weighted by Crippen LogP contribution is -2.25. The van der Waals surface area contributed by atoms with Crippen LogP contribution in [0.3, 0.4) is 0 Å². The van der Waals surface area contributed by atoms with E-state index in [0.29, 0.717) is 0 Å². The molecule has 1 aromatic carbocycles. The smallest absolute Gasteiger partial charge is 0.0775 e. The summed E-state index contributed by atoms with van der Waals surface area (Å²) in [7, 11) is 1.85. The Balaban J connectivity index is 2.44. The molecular weight excluding hydrogens is 164 g/mol. The second-order valence-corrected chi connectivity index (χ2v) is 3.50. The maximum atomic E-state index is 9.70. The Morgan fingerprint density at radius 3 is 3.00 bits per heavy atom. The van der Waals surface area contributed by atoms with Crippen molar-refractivity contribution >= 4 is 5.69 Å². The van der Waals surface area contributed by atoms with Crippen LogP contribution in [0.5, 0.6) is 0 Å². The summed E-state index contributed by atoms with van der Waals surface area (Å²) in [6, 6.07) is 5.85. The third-order valence-electron chi connectivity index (χ3n) is 2.63. The van der Waals surface area contributed by atoms with Crippen LogP contribution in [0.2, 0.25) is 0 Å². The van der Waals surface area contributed by atoms with E-state index in [9.17, 15) is 5.11 Å². The van der Waals surface area contributed by atoms with Crippen LogP contribution in [0.1, 0.15) is 17.2 Å². The number of nitrogen functional groups attached to an aromatic ring is 1. The summed E-state index contributed by atoms with van der Waals surface area (Å²) < 4.78 is 0. The lowest BCUT2D eigenvalue weighted by atomic mass is 10.1. The first-order valence-electron chi connectivity index (χ1n) is 4.46. The Kier molecular flexibility index (Phi) is 1.98. The van der Waals surface area contributed by atoms with E-state index in [0.717, 1.165) is 17.7 Å². The molecule has 0 unspecified atom stereocenters. The second-order valence-electron chi connectivity index (χ2n) is 3.50. The number of nitrogens with two attached hydrogens (primary N) is 1. The molecule has 0 heterocycles. The largest absolute Gasteiger partial charge is 0.399 e. The van der Waals surface area contributed by atoms with Gasteiger partial charge >= 0.3 is 0 Å². The van der Waals surface area contributed by atoms with Gasteiger partial charge in [0.15, 0.2) is 0 Å². The van der Waals surface area contributed by atoms with Crippen molar-refractivity contribution in [2.75, 3.05) is 12.8 Å². The van der Waals surface area contributed by atoms with Crippen molar-refractivity contribution in [3.8, 4) is 0 Å². The fourth-order valence-corrected chi connectivity index (χ4v) is 1.99. The van der Waals surface area contributed by atoms with Gasteiger partial charge in [0.1, 0.15) is 0 Å². The molecule has 2 atom stereocenters. The van der Waals surface area contributed by atoms with E-state index in [1.54, 1.807) is 0 Å². The summed E-state index contributed by atoms with van der Waals surface area (Å²) in [5.74, 6) is 0. The van der Waals surface area contributed by atoms with Crippen molar-refractivity contribution in [2.24, 2.45) is 0 Å². The summed E-state index contributed by atoms with van der Waals surface area (Å²) in [6.45, 7) is 0. The predicted octanol–water partition coefficient (Wildman–Crippen LogP) is 0.446. The molecule has 0 bridgehead atoms. The van der Waals surface area contributed by atoms with Crippen molar-refractivity contribution < 1.29 is 5.11 Å². The summed E-state index contributed by atoms with van der Waals surface area (Å²) in [5, 5.41) is 12.8. The number of benzene rings is 1. The zero-order valence-electron chi connectivity index (χ0n) is 7.62. The molecule has 0 saturated carbocycles. The first kappa shape index (κ1) is 8.53. The van der Waals surface area contributed by atoms with Gasteiger partial charge in [0.25, 0.3) is 0 Å². The predicted molar refractivity (Wildman–Crippen MR) is 52.4 cm³/mol. The number of aliphatic hydroxyl groups is 1. The van der Waals surface area contributed by atoms with E-state index >= 15 is 0 Å². The molecular formula is C10H14N2O. The Morgan fingerprint density at radius 2 is 2.31 bits per heavy atom. The highest BCUT2D eigenvalue weighted by atomic mass is 16.3. The molecule has 3 nitrogen and oxygen atoms in total. The van der Waals surface area contributed by atoms with Gasteiger partial charge in [0, 0.05) is 12.1 Å². The number of hydrogen-bond donors (Lipinski definition) is 3. The van der Waals surface area contributed by atoms with Crippen LogP contribution in [-0.2, 0) is 6.42 Å². The zero-order chi connectivity index (χ0) is 9.42. The number of hydrogen-bond acceptors (Lipinski definition) is 3. The monoisotopic (exact) mass is 178 g/mol. The summed E-state index contributed by atoms with van der Waals surface area (Å²) in [5.41, 5.74) is 8.77. The second kappa shape index (κ2) is 3.01. The maximum Gasteiger partial charge on any atom is 0.0775 e. The molecule has 1 aliphatic rings. The van der Waals surface area contributed by atoms with E-state index in [-0.39, 0.29) is 12.1 Å². The number of fused-ring (bicyclic) bond motifs is 1. The standard InChI is InChI=1S/C10H14N2O/c1-12-10-8-5-7(11)3-2-6(8)4-9(10)13/h2-3,5,9-10,12-13H,4,11H2,1H3/t9-,10-/m0/s1. The minimum atomic E-state index is -0.318. The Hall–Kier alpha value is -1.06. The molecule has 13 heavy (non-hydrogen) atoms. The van der Waals surface area contributed by atoms with Gasteiger partial charge in [-0.25, -0.2) is 0 Å². The highest BCUT2D eigenvalue weighted by Gasteiger charge is 2.29. The molecule has 0 saturated heterocycles. The normalized spacial score (nSPS) is 26.0. The van der Waals surface area contributed by atoms with Gasteiger partial charge in [-0.1, -0.05) is 6.07 Å². The van der Waals surface area contributed by atoms with Crippen molar-refractivity contribution in [3.63, 3.8) is 0 Å². The van der Waals surface area contributed by atoms with Crippen LogP contribution in [0.25, 0.3) is 0 Å². The van der Waals surface area contributed by atoms with E-state index in [1.807, 2.05) is 25.2 Å². The van der Waals surface area contributed by atoms with E-state index in [1.165, 1.54) is 5.56 Å². The van der Waals surface area contributed by atoms with Crippen LogP contribution in [0.4, 0.5) is 5.69 Å². The summed E-state index contributed by atoms with van der Waals surface area (Å²) >= 11 is 0. The fraction of sp³-hybridized carbons (Fsp3) is 0.400. The van der Waals surface area contributed by atoms with Crippen LogP contribution in [-0.4, -0.2) is 18.3 Å². The molecule has 0 fully saturated rings. The van der Waals surface area contributed by atoms with Gasteiger partial charge in [0.05, 0.1) is 12.1 Å². The molecule has 0 spiro atoms. The minimum Gasteiger partial charge on any atom is -0.399 e. The number of nitrogens with one attached hydrogen (secondary N) is 1. The van der Waals surface area contributed by atoms with Gasteiger partial charge < -0.3 is 16.2 Å². The molecule has 2 rings (SSSR count). The third kappa shape index (κ3) is 1.30. The molecule has 1 aromatic rings. The van der Waals surface area contributed by atoms with Crippen molar-refractivity contribution in [1.82, 2.24) is 5.32 Å². The van der Waals surface area contributed by atoms with E-state index in [4.69, 9.17) is 5.73 Å². The molecule has 0 radical (unpaired) electrons. The number of aliphatic hydroxyl groups excluding tert-OH is 1. The van der Waals surface area contributed by atoms with Crippen molar-refractivity contribution in [3.05, 3.63) is 29.3 Å². The van der Waals surface area contributed by atoms with Crippen LogP contribution in [0, 0.1) is 0 Å². The zero-order valence-corrected chi connectivity index (χ0v) is 7.62. The molecule has 1 aliphatic carbocycles. The van der Waals surface area contributed by atoms with Crippen molar-refractivity contribution in [1.29, 1.82) is 0 Å².